The number of hydrogen-bond donors (Lipinski definition) is 0. The third-order valence-electron chi connectivity index (χ3n) is 5.15. The van der Waals surface area contributed by atoms with Crippen molar-refractivity contribution in [2.45, 2.75) is 0 Å². The zero-order chi connectivity index (χ0) is 17.8. The summed E-state index contributed by atoms with van der Waals surface area (Å²) in [6.45, 7) is 0. The first kappa shape index (κ1) is 14.4. The second kappa shape index (κ2) is 5.39. The van der Waals surface area contributed by atoms with Gasteiger partial charge in [0.05, 0.1) is 27.8 Å². The highest BCUT2D eigenvalue weighted by atomic mass is 15.0. The van der Waals surface area contributed by atoms with Gasteiger partial charge in [0.2, 0.25) is 0 Å². The van der Waals surface area contributed by atoms with E-state index in [-0.39, 0.29) is 0 Å². The lowest BCUT2D eigenvalue weighted by Gasteiger charge is -2.09. The van der Waals surface area contributed by atoms with E-state index in [1.54, 1.807) is 0 Å². The molecule has 126 valence electrons. The Morgan fingerprint density at radius 1 is 0.556 bits per heavy atom. The number of fused-ring (bicyclic) bond motifs is 6. The van der Waals surface area contributed by atoms with Gasteiger partial charge in [-0.05, 0) is 41.8 Å². The molecule has 0 spiro atoms. The SMILES string of the molecule is c1ccc2nc(-c3cc4ccccc4n4c3nc3ccccc34)ccc2c1. The summed E-state index contributed by atoms with van der Waals surface area (Å²) in [5.41, 5.74) is 7.21. The Morgan fingerprint density at radius 2 is 1.26 bits per heavy atom. The van der Waals surface area contributed by atoms with Gasteiger partial charge in [-0.1, -0.05) is 54.6 Å². The Labute approximate surface area is 155 Å². The van der Waals surface area contributed by atoms with E-state index in [0.717, 1.165) is 44.4 Å². The molecule has 6 rings (SSSR count). The summed E-state index contributed by atoms with van der Waals surface area (Å²) < 4.78 is 2.25. The minimum atomic E-state index is 0.942. The van der Waals surface area contributed by atoms with Crippen LogP contribution < -0.4 is 0 Å². The van der Waals surface area contributed by atoms with Crippen LogP contribution in [0.5, 0.6) is 0 Å². The van der Waals surface area contributed by atoms with E-state index in [9.17, 15) is 0 Å². The first-order valence-corrected chi connectivity index (χ1v) is 9.04. The Morgan fingerprint density at radius 3 is 2.15 bits per heavy atom. The molecule has 0 fully saturated rings. The van der Waals surface area contributed by atoms with Crippen LogP contribution in [0.15, 0.2) is 91.0 Å². The van der Waals surface area contributed by atoms with Crippen molar-refractivity contribution < 1.29 is 0 Å². The predicted molar refractivity (Wildman–Crippen MR) is 111 cm³/mol. The average Bonchev–Trinajstić information content (AvgIpc) is 3.13. The van der Waals surface area contributed by atoms with Gasteiger partial charge >= 0.3 is 0 Å². The fraction of sp³-hybridized carbons (Fsp3) is 0. The molecular weight excluding hydrogens is 330 g/mol. The van der Waals surface area contributed by atoms with Crippen molar-refractivity contribution in [2.24, 2.45) is 0 Å². The number of hydrogen-bond acceptors (Lipinski definition) is 2. The average molecular weight is 345 g/mol. The third-order valence-corrected chi connectivity index (χ3v) is 5.15. The first-order chi connectivity index (χ1) is 13.4. The lowest BCUT2D eigenvalue weighted by Crippen LogP contribution is -1.94. The highest BCUT2D eigenvalue weighted by Gasteiger charge is 2.14. The Hall–Kier alpha value is -3.72. The van der Waals surface area contributed by atoms with E-state index < -0.39 is 0 Å². The van der Waals surface area contributed by atoms with E-state index >= 15 is 0 Å². The minimum absolute atomic E-state index is 0.942. The number of nitrogens with zero attached hydrogens (tertiary/aromatic N) is 3. The summed E-state index contributed by atoms with van der Waals surface area (Å²) in [6.07, 6.45) is 0. The van der Waals surface area contributed by atoms with Gasteiger partial charge in [0.1, 0.15) is 5.65 Å². The van der Waals surface area contributed by atoms with E-state index in [0.29, 0.717) is 0 Å². The van der Waals surface area contributed by atoms with Crippen molar-refractivity contribution in [1.82, 2.24) is 14.4 Å². The monoisotopic (exact) mass is 345 g/mol. The molecule has 0 aliphatic rings. The molecule has 3 heteroatoms. The maximum Gasteiger partial charge on any atom is 0.147 e. The largest absolute Gasteiger partial charge is 0.292 e. The van der Waals surface area contributed by atoms with Crippen LogP contribution in [0.1, 0.15) is 0 Å². The third kappa shape index (κ3) is 2.09. The number of aromatic nitrogens is 3. The molecule has 3 aromatic heterocycles. The molecule has 0 radical (unpaired) electrons. The van der Waals surface area contributed by atoms with Gasteiger partial charge < -0.3 is 0 Å². The van der Waals surface area contributed by atoms with Crippen molar-refractivity contribution in [2.75, 3.05) is 0 Å². The van der Waals surface area contributed by atoms with Crippen molar-refractivity contribution >= 4 is 38.5 Å². The summed E-state index contributed by atoms with van der Waals surface area (Å²) in [5, 5.41) is 2.32. The molecule has 3 aromatic carbocycles. The Bertz CT molecular complexity index is 1480. The molecule has 27 heavy (non-hydrogen) atoms. The van der Waals surface area contributed by atoms with Gasteiger partial charge in [0.15, 0.2) is 0 Å². The quantitative estimate of drug-likeness (QED) is 0.374. The molecule has 0 amide bonds. The van der Waals surface area contributed by atoms with E-state index in [1.807, 2.05) is 18.2 Å². The van der Waals surface area contributed by atoms with Gasteiger partial charge in [-0.15, -0.1) is 0 Å². The number of benzene rings is 3. The molecule has 0 unspecified atom stereocenters. The van der Waals surface area contributed by atoms with Crippen molar-refractivity contribution in [1.29, 1.82) is 0 Å². The molecule has 0 saturated carbocycles. The number of pyridine rings is 2. The lowest BCUT2D eigenvalue weighted by atomic mass is 10.1. The van der Waals surface area contributed by atoms with Crippen LogP contribution in [0.4, 0.5) is 0 Å². The zero-order valence-corrected chi connectivity index (χ0v) is 14.5. The van der Waals surface area contributed by atoms with Crippen LogP contribution in [0.3, 0.4) is 0 Å². The maximum atomic E-state index is 4.94. The molecule has 3 nitrogen and oxygen atoms in total. The minimum Gasteiger partial charge on any atom is -0.292 e. The topological polar surface area (TPSA) is 30.2 Å². The summed E-state index contributed by atoms with van der Waals surface area (Å²) >= 11 is 0. The van der Waals surface area contributed by atoms with Gasteiger partial charge in [-0.2, -0.15) is 0 Å². The fourth-order valence-corrected chi connectivity index (χ4v) is 3.89. The molecule has 6 aromatic rings. The van der Waals surface area contributed by atoms with Crippen LogP contribution in [-0.4, -0.2) is 14.4 Å². The van der Waals surface area contributed by atoms with E-state index in [2.05, 4.69) is 77.2 Å². The van der Waals surface area contributed by atoms with Crippen molar-refractivity contribution in [3.8, 4) is 11.3 Å². The molecular formula is C24H15N3. The highest BCUT2D eigenvalue weighted by molar-refractivity contribution is 5.97. The molecule has 0 aliphatic heterocycles. The number of rotatable bonds is 1. The van der Waals surface area contributed by atoms with Gasteiger partial charge in [-0.3, -0.25) is 4.40 Å². The van der Waals surface area contributed by atoms with Crippen LogP contribution >= 0.6 is 0 Å². The smallest absolute Gasteiger partial charge is 0.147 e. The fourth-order valence-electron chi connectivity index (χ4n) is 3.89. The van der Waals surface area contributed by atoms with Crippen LogP contribution in [0.25, 0.3) is 49.7 Å². The van der Waals surface area contributed by atoms with E-state index in [4.69, 9.17) is 9.97 Å². The number of para-hydroxylation sites is 4. The zero-order valence-electron chi connectivity index (χ0n) is 14.5. The summed E-state index contributed by atoms with van der Waals surface area (Å²) in [7, 11) is 0. The molecule has 0 N–H and O–H groups in total. The molecule has 3 heterocycles. The normalized spacial score (nSPS) is 11.7. The van der Waals surface area contributed by atoms with Gasteiger partial charge in [-0.25, -0.2) is 9.97 Å². The second-order valence-electron chi connectivity index (χ2n) is 6.77. The summed E-state index contributed by atoms with van der Waals surface area (Å²) in [4.78, 5) is 9.86. The predicted octanol–water partition coefficient (Wildman–Crippen LogP) is 5.86. The standard InChI is InChI=1S/C24H15N3/c1-3-9-19-16(7-1)13-14-20(25-19)18-15-17-8-2-5-11-22(17)27-23-12-6-4-10-21(23)26-24(18)27/h1-15H. The first-order valence-electron chi connectivity index (χ1n) is 9.04. The molecule has 0 atom stereocenters. The van der Waals surface area contributed by atoms with Crippen molar-refractivity contribution in [3.05, 3.63) is 91.0 Å². The summed E-state index contributed by atoms with van der Waals surface area (Å²) in [6, 6.07) is 31.4. The van der Waals surface area contributed by atoms with Gasteiger partial charge in [0, 0.05) is 10.9 Å². The molecule has 0 saturated heterocycles. The highest BCUT2D eigenvalue weighted by Crippen LogP contribution is 2.32. The maximum absolute atomic E-state index is 4.94. The van der Waals surface area contributed by atoms with Gasteiger partial charge in [0.25, 0.3) is 0 Å². The number of imidazole rings is 1. The van der Waals surface area contributed by atoms with Crippen LogP contribution in [0, 0.1) is 0 Å². The Balaban J connectivity index is 1.79. The van der Waals surface area contributed by atoms with Crippen LogP contribution in [-0.2, 0) is 0 Å². The summed E-state index contributed by atoms with van der Waals surface area (Å²) in [5.74, 6) is 0. The Kier molecular flexibility index (Phi) is 2.88. The van der Waals surface area contributed by atoms with E-state index in [1.165, 1.54) is 5.39 Å². The second-order valence-corrected chi connectivity index (χ2v) is 6.77. The van der Waals surface area contributed by atoms with Crippen LogP contribution in [0.2, 0.25) is 0 Å². The van der Waals surface area contributed by atoms with Crippen molar-refractivity contribution in [3.63, 3.8) is 0 Å². The lowest BCUT2D eigenvalue weighted by molar-refractivity contribution is 1.28. The molecule has 0 aliphatic carbocycles. The molecule has 0 bridgehead atoms.